The monoisotopic (exact) mass is 419 g/mol. The first-order chi connectivity index (χ1) is 14.6. The maximum absolute atomic E-state index is 12.8. The molecule has 0 saturated heterocycles. The van der Waals surface area contributed by atoms with E-state index in [4.69, 9.17) is 4.74 Å². The van der Waals surface area contributed by atoms with Gasteiger partial charge in [0.05, 0.1) is 10.7 Å². The van der Waals surface area contributed by atoms with Gasteiger partial charge < -0.3 is 14.6 Å². The van der Waals surface area contributed by atoms with Gasteiger partial charge in [-0.15, -0.1) is 21.5 Å². The van der Waals surface area contributed by atoms with Crippen molar-refractivity contribution >= 4 is 22.9 Å². The molecule has 4 aromatic rings. The number of carbonyl (C=O) groups excluding carboxylic acids is 1. The Morgan fingerprint density at radius 2 is 2.07 bits per heavy atom. The van der Waals surface area contributed by atoms with Gasteiger partial charge in [-0.1, -0.05) is 18.2 Å². The van der Waals surface area contributed by atoms with Crippen molar-refractivity contribution in [2.75, 3.05) is 5.32 Å². The van der Waals surface area contributed by atoms with Crippen LogP contribution in [0.15, 0.2) is 60.2 Å². The number of aromatic nitrogens is 4. The van der Waals surface area contributed by atoms with Crippen LogP contribution in [-0.2, 0) is 13.2 Å². The molecular formula is C22H21N5O2S. The number of amides is 1. The lowest BCUT2D eigenvalue weighted by Gasteiger charge is -2.09. The van der Waals surface area contributed by atoms with E-state index in [0.717, 1.165) is 28.6 Å². The van der Waals surface area contributed by atoms with Crippen molar-refractivity contribution < 1.29 is 9.53 Å². The molecule has 2 heterocycles. The van der Waals surface area contributed by atoms with Gasteiger partial charge in [0.15, 0.2) is 5.82 Å². The number of hydrogen-bond acceptors (Lipinski definition) is 6. The fourth-order valence-corrected chi connectivity index (χ4v) is 3.61. The zero-order chi connectivity index (χ0) is 20.9. The second-order valence-electron chi connectivity index (χ2n) is 6.65. The van der Waals surface area contributed by atoms with E-state index in [9.17, 15) is 4.79 Å². The van der Waals surface area contributed by atoms with E-state index in [1.165, 1.54) is 0 Å². The predicted octanol–water partition coefficient (Wildman–Crippen LogP) is 4.56. The van der Waals surface area contributed by atoms with Gasteiger partial charge in [-0.2, -0.15) is 0 Å². The van der Waals surface area contributed by atoms with Crippen molar-refractivity contribution in [2.24, 2.45) is 0 Å². The molecule has 1 N–H and O–H groups in total. The molecule has 0 radical (unpaired) electrons. The summed E-state index contributed by atoms with van der Waals surface area (Å²) in [4.78, 5) is 17.1. The molecule has 30 heavy (non-hydrogen) atoms. The highest BCUT2D eigenvalue weighted by atomic mass is 32.1. The molecule has 0 atom stereocenters. The Kier molecular flexibility index (Phi) is 5.85. The molecule has 2 aromatic heterocycles. The minimum Gasteiger partial charge on any atom is -0.487 e. The van der Waals surface area contributed by atoms with Crippen LogP contribution < -0.4 is 10.1 Å². The summed E-state index contributed by atoms with van der Waals surface area (Å²) in [5.74, 6) is 1.18. The summed E-state index contributed by atoms with van der Waals surface area (Å²) in [6.45, 7) is 5.13. The molecule has 152 valence electrons. The van der Waals surface area contributed by atoms with Gasteiger partial charge in [0.25, 0.3) is 5.91 Å². The molecule has 0 bridgehead atoms. The van der Waals surface area contributed by atoms with Crippen molar-refractivity contribution in [2.45, 2.75) is 27.0 Å². The molecule has 2 aromatic carbocycles. The largest absolute Gasteiger partial charge is 0.487 e. The molecule has 1 amide bonds. The molecule has 4 rings (SSSR count). The standard InChI is InChI=1S/C22H21N5O2S/c1-3-27-14-23-26-21(27)16-6-4-8-18(10-16)25-22(28)17-7-5-9-20(11-17)29-12-19-13-30-15(2)24-19/h4-11,13-14H,3,12H2,1-2H3,(H,25,28). The van der Waals surface area contributed by atoms with Gasteiger partial charge in [0.1, 0.15) is 18.7 Å². The number of ether oxygens (including phenoxy) is 1. The highest BCUT2D eigenvalue weighted by Gasteiger charge is 2.11. The third-order valence-corrected chi connectivity index (χ3v) is 5.31. The molecular weight excluding hydrogens is 398 g/mol. The molecule has 0 aliphatic heterocycles. The van der Waals surface area contributed by atoms with Crippen LogP contribution >= 0.6 is 11.3 Å². The van der Waals surface area contributed by atoms with Gasteiger partial charge >= 0.3 is 0 Å². The summed E-state index contributed by atoms with van der Waals surface area (Å²) in [7, 11) is 0. The first kappa shape index (κ1) is 19.8. The number of thiazole rings is 1. The third-order valence-electron chi connectivity index (χ3n) is 4.48. The lowest BCUT2D eigenvalue weighted by molar-refractivity contribution is 0.102. The van der Waals surface area contributed by atoms with Crippen LogP contribution in [-0.4, -0.2) is 25.7 Å². The van der Waals surface area contributed by atoms with E-state index in [1.807, 2.05) is 54.1 Å². The second kappa shape index (κ2) is 8.87. The Hall–Kier alpha value is -3.52. The van der Waals surface area contributed by atoms with Crippen LogP contribution in [0.25, 0.3) is 11.4 Å². The third kappa shape index (κ3) is 4.55. The fraction of sp³-hybridized carbons (Fsp3) is 0.182. The lowest BCUT2D eigenvalue weighted by Crippen LogP contribution is -2.12. The van der Waals surface area contributed by atoms with E-state index in [-0.39, 0.29) is 5.91 Å². The van der Waals surface area contributed by atoms with E-state index in [2.05, 4.69) is 20.5 Å². The van der Waals surface area contributed by atoms with Gasteiger partial charge in [-0.05, 0) is 44.2 Å². The number of nitrogens with zero attached hydrogens (tertiary/aromatic N) is 4. The second-order valence-corrected chi connectivity index (χ2v) is 7.71. The molecule has 7 nitrogen and oxygen atoms in total. The minimum atomic E-state index is -0.209. The van der Waals surface area contributed by atoms with Crippen LogP contribution in [0.2, 0.25) is 0 Å². The summed E-state index contributed by atoms with van der Waals surface area (Å²) >= 11 is 1.59. The van der Waals surface area contributed by atoms with Crippen molar-refractivity contribution in [3.63, 3.8) is 0 Å². The zero-order valence-corrected chi connectivity index (χ0v) is 17.5. The smallest absolute Gasteiger partial charge is 0.255 e. The normalized spacial score (nSPS) is 10.7. The molecule has 0 aliphatic rings. The van der Waals surface area contributed by atoms with E-state index < -0.39 is 0 Å². The summed E-state index contributed by atoms with van der Waals surface area (Å²) in [6, 6.07) is 14.7. The van der Waals surface area contributed by atoms with Crippen molar-refractivity contribution in [3.05, 3.63) is 76.5 Å². The van der Waals surface area contributed by atoms with Gasteiger partial charge in [0, 0.05) is 28.7 Å². The van der Waals surface area contributed by atoms with Crippen LogP contribution in [0.3, 0.4) is 0 Å². The average Bonchev–Trinajstić information content (AvgIpc) is 3.41. The SMILES string of the molecule is CCn1cnnc1-c1cccc(NC(=O)c2cccc(OCc3csc(C)n3)c2)c1. The minimum absolute atomic E-state index is 0.209. The lowest BCUT2D eigenvalue weighted by atomic mass is 10.1. The number of aryl methyl sites for hydroxylation is 2. The van der Waals surface area contributed by atoms with Crippen LogP contribution in [0, 0.1) is 6.92 Å². The highest BCUT2D eigenvalue weighted by molar-refractivity contribution is 7.09. The Morgan fingerprint density at radius 1 is 1.20 bits per heavy atom. The van der Waals surface area contributed by atoms with Crippen LogP contribution in [0.5, 0.6) is 5.75 Å². The summed E-state index contributed by atoms with van der Waals surface area (Å²) in [6.07, 6.45) is 1.69. The topological polar surface area (TPSA) is 81.9 Å². The molecule has 0 unspecified atom stereocenters. The van der Waals surface area contributed by atoms with Gasteiger partial charge in [-0.3, -0.25) is 4.79 Å². The first-order valence-electron chi connectivity index (χ1n) is 9.56. The number of hydrogen-bond donors (Lipinski definition) is 1. The van der Waals surface area contributed by atoms with Crippen molar-refractivity contribution in [3.8, 4) is 17.1 Å². The number of benzene rings is 2. The molecule has 0 spiro atoms. The average molecular weight is 420 g/mol. The quantitative estimate of drug-likeness (QED) is 0.475. The summed E-state index contributed by atoms with van der Waals surface area (Å²) in [5, 5.41) is 14.1. The van der Waals surface area contributed by atoms with E-state index >= 15 is 0 Å². The molecule has 0 fully saturated rings. The Bertz CT molecular complexity index is 1170. The Labute approximate surface area is 178 Å². The van der Waals surface area contributed by atoms with Gasteiger partial charge in [-0.25, -0.2) is 4.98 Å². The number of rotatable bonds is 7. The number of nitrogens with one attached hydrogen (secondary N) is 1. The Morgan fingerprint density at radius 3 is 2.87 bits per heavy atom. The molecule has 0 aliphatic carbocycles. The molecule has 0 saturated carbocycles. The van der Waals surface area contributed by atoms with Crippen molar-refractivity contribution in [1.29, 1.82) is 0 Å². The maximum atomic E-state index is 12.8. The van der Waals surface area contributed by atoms with Crippen molar-refractivity contribution in [1.82, 2.24) is 19.7 Å². The fourth-order valence-electron chi connectivity index (χ4n) is 3.01. The zero-order valence-electron chi connectivity index (χ0n) is 16.7. The van der Waals surface area contributed by atoms with Crippen LogP contribution in [0.1, 0.15) is 28.0 Å². The van der Waals surface area contributed by atoms with Gasteiger partial charge in [0.2, 0.25) is 0 Å². The number of anilines is 1. The highest BCUT2D eigenvalue weighted by Crippen LogP contribution is 2.22. The predicted molar refractivity (Wildman–Crippen MR) is 117 cm³/mol. The summed E-state index contributed by atoms with van der Waals surface area (Å²) in [5.41, 5.74) is 2.98. The van der Waals surface area contributed by atoms with E-state index in [1.54, 1.807) is 35.9 Å². The first-order valence-corrected chi connectivity index (χ1v) is 10.4. The summed E-state index contributed by atoms with van der Waals surface area (Å²) < 4.78 is 7.74. The van der Waals surface area contributed by atoms with E-state index in [0.29, 0.717) is 23.6 Å². The molecule has 8 heteroatoms. The van der Waals surface area contributed by atoms with Crippen LogP contribution in [0.4, 0.5) is 5.69 Å². The maximum Gasteiger partial charge on any atom is 0.255 e. The Balaban J connectivity index is 1.46. The number of carbonyl (C=O) groups is 1.